The van der Waals surface area contributed by atoms with E-state index < -0.39 is 0 Å². The third-order valence-electron chi connectivity index (χ3n) is 3.66. The molecule has 0 spiro atoms. The Bertz CT molecular complexity index is 733. The molecule has 0 saturated carbocycles. The summed E-state index contributed by atoms with van der Waals surface area (Å²) in [5.41, 5.74) is 2.92. The fraction of sp³-hybridized carbons (Fsp3) is 0.300. The van der Waals surface area contributed by atoms with Crippen LogP contribution in [0.1, 0.15) is 25.0 Å². The summed E-state index contributed by atoms with van der Waals surface area (Å²) in [6, 6.07) is 14.1. The van der Waals surface area contributed by atoms with Crippen LogP contribution < -0.4 is 16.0 Å². The number of nitrogens with one attached hydrogen (secondary N) is 3. The Balaban J connectivity index is 0.00000364. The molecule has 0 aliphatic carbocycles. The Morgan fingerprint density at radius 2 is 1.63 bits per heavy atom. The average Bonchev–Trinajstić information content (AvgIpc) is 2.62. The van der Waals surface area contributed by atoms with Crippen molar-refractivity contribution < 1.29 is 9.18 Å². The fourth-order valence-corrected chi connectivity index (χ4v) is 2.39. The van der Waals surface area contributed by atoms with Crippen LogP contribution in [-0.4, -0.2) is 25.0 Å². The lowest BCUT2D eigenvalue weighted by atomic mass is 10.1. The average molecular weight is 484 g/mol. The first-order chi connectivity index (χ1) is 12.6. The number of carbonyl (C=O) groups is 1. The molecule has 0 atom stereocenters. The molecule has 27 heavy (non-hydrogen) atoms. The fourth-order valence-electron chi connectivity index (χ4n) is 2.39. The van der Waals surface area contributed by atoms with Gasteiger partial charge in [0.25, 0.3) is 0 Å². The van der Waals surface area contributed by atoms with Crippen molar-refractivity contribution in [2.45, 2.75) is 26.8 Å². The summed E-state index contributed by atoms with van der Waals surface area (Å²) >= 11 is 0. The zero-order valence-corrected chi connectivity index (χ0v) is 17.9. The van der Waals surface area contributed by atoms with Gasteiger partial charge >= 0.3 is 0 Å². The van der Waals surface area contributed by atoms with E-state index in [1.165, 1.54) is 24.6 Å². The van der Waals surface area contributed by atoms with Gasteiger partial charge in [-0.3, -0.25) is 4.79 Å². The second-order valence-corrected chi connectivity index (χ2v) is 5.88. The van der Waals surface area contributed by atoms with Crippen molar-refractivity contribution in [1.82, 2.24) is 10.6 Å². The SMILES string of the molecule is CCNC(=NCc1ccc(F)cc1)NCCc1ccc(NC(C)=O)cc1.I. The number of aliphatic imine (C=N–C) groups is 1. The highest BCUT2D eigenvalue weighted by Gasteiger charge is 2.00. The monoisotopic (exact) mass is 484 g/mol. The Labute approximate surface area is 176 Å². The van der Waals surface area contributed by atoms with Gasteiger partial charge in [0.1, 0.15) is 5.82 Å². The molecule has 0 saturated heterocycles. The summed E-state index contributed by atoms with van der Waals surface area (Å²) in [5.74, 6) is 0.408. The molecule has 5 nitrogen and oxygen atoms in total. The summed E-state index contributed by atoms with van der Waals surface area (Å²) in [5, 5.41) is 9.24. The number of carbonyl (C=O) groups excluding carboxylic acids is 1. The molecule has 146 valence electrons. The first kappa shape index (κ1) is 22.9. The smallest absolute Gasteiger partial charge is 0.221 e. The number of hydrogen-bond donors (Lipinski definition) is 3. The van der Waals surface area contributed by atoms with Gasteiger partial charge in [-0.1, -0.05) is 24.3 Å². The van der Waals surface area contributed by atoms with Crippen LogP contribution in [0, 0.1) is 5.82 Å². The Morgan fingerprint density at radius 1 is 1.00 bits per heavy atom. The highest BCUT2D eigenvalue weighted by atomic mass is 127. The van der Waals surface area contributed by atoms with E-state index in [0.717, 1.165) is 36.7 Å². The number of nitrogens with zero attached hydrogens (tertiary/aromatic N) is 1. The molecule has 0 aromatic heterocycles. The minimum atomic E-state index is -0.243. The van der Waals surface area contributed by atoms with Crippen LogP contribution in [0.2, 0.25) is 0 Å². The van der Waals surface area contributed by atoms with Crippen LogP contribution in [0.5, 0.6) is 0 Å². The van der Waals surface area contributed by atoms with Crippen LogP contribution in [0.4, 0.5) is 10.1 Å². The molecule has 0 heterocycles. The highest BCUT2D eigenvalue weighted by molar-refractivity contribution is 14.0. The van der Waals surface area contributed by atoms with E-state index in [1.807, 2.05) is 31.2 Å². The van der Waals surface area contributed by atoms with Crippen molar-refractivity contribution in [1.29, 1.82) is 0 Å². The van der Waals surface area contributed by atoms with Crippen LogP contribution in [0.3, 0.4) is 0 Å². The lowest BCUT2D eigenvalue weighted by Crippen LogP contribution is -2.38. The van der Waals surface area contributed by atoms with Gasteiger partial charge in [-0.25, -0.2) is 9.38 Å². The summed E-state index contributed by atoms with van der Waals surface area (Å²) in [6.45, 7) is 5.48. The molecule has 2 rings (SSSR count). The van der Waals surface area contributed by atoms with Crippen LogP contribution in [-0.2, 0) is 17.8 Å². The number of amides is 1. The van der Waals surface area contributed by atoms with Crippen LogP contribution >= 0.6 is 24.0 Å². The van der Waals surface area contributed by atoms with Crippen molar-refractivity contribution >= 4 is 41.5 Å². The standard InChI is InChI=1S/C20H25FN4O.HI/c1-3-22-20(24-14-17-4-8-18(21)9-5-17)23-13-12-16-6-10-19(11-7-16)25-15(2)26;/h4-11H,3,12-14H2,1-2H3,(H,25,26)(H2,22,23,24);1H. The molecular formula is C20H26FIN4O. The number of anilines is 1. The maximum absolute atomic E-state index is 12.9. The van der Waals surface area contributed by atoms with E-state index in [9.17, 15) is 9.18 Å². The maximum atomic E-state index is 12.9. The van der Waals surface area contributed by atoms with Crippen LogP contribution in [0.25, 0.3) is 0 Å². The minimum Gasteiger partial charge on any atom is -0.357 e. The van der Waals surface area contributed by atoms with Gasteiger partial charge in [-0.2, -0.15) is 0 Å². The topological polar surface area (TPSA) is 65.5 Å². The Hall–Kier alpha value is -2.16. The highest BCUT2D eigenvalue weighted by Crippen LogP contribution is 2.09. The molecule has 1 amide bonds. The van der Waals surface area contributed by atoms with Gasteiger partial charge in [-0.05, 0) is 48.7 Å². The van der Waals surface area contributed by atoms with Gasteiger partial charge in [0.15, 0.2) is 5.96 Å². The molecule has 2 aromatic rings. The first-order valence-electron chi connectivity index (χ1n) is 8.70. The molecule has 0 unspecified atom stereocenters. The third kappa shape index (κ3) is 8.85. The lowest BCUT2D eigenvalue weighted by molar-refractivity contribution is -0.114. The molecule has 0 fully saturated rings. The van der Waals surface area contributed by atoms with Crippen molar-refractivity contribution in [2.24, 2.45) is 4.99 Å². The van der Waals surface area contributed by atoms with Gasteiger partial charge in [0, 0.05) is 25.7 Å². The molecule has 7 heteroatoms. The molecule has 2 aromatic carbocycles. The van der Waals surface area contributed by atoms with E-state index in [1.54, 1.807) is 12.1 Å². The molecule has 0 aliphatic rings. The molecule has 3 N–H and O–H groups in total. The van der Waals surface area contributed by atoms with Gasteiger partial charge in [-0.15, -0.1) is 24.0 Å². The Kier molecular flexibility index (Phi) is 10.4. The van der Waals surface area contributed by atoms with E-state index in [0.29, 0.717) is 6.54 Å². The number of rotatable bonds is 7. The van der Waals surface area contributed by atoms with E-state index in [4.69, 9.17) is 0 Å². The zero-order chi connectivity index (χ0) is 18.8. The predicted molar refractivity (Wildman–Crippen MR) is 119 cm³/mol. The molecule has 0 bridgehead atoms. The predicted octanol–water partition coefficient (Wildman–Crippen LogP) is 3.70. The summed E-state index contributed by atoms with van der Waals surface area (Å²) in [7, 11) is 0. The number of guanidine groups is 1. The number of benzene rings is 2. The van der Waals surface area contributed by atoms with Crippen LogP contribution in [0.15, 0.2) is 53.5 Å². The zero-order valence-electron chi connectivity index (χ0n) is 15.6. The van der Waals surface area contributed by atoms with E-state index >= 15 is 0 Å². The molecular weight excluding hydrogens is 458 g/mol. The van der Waals surface area contributed by atoms with Gasteiger partial charge < -0.3 is 16.0 Å². The quantitative estimate of drug-likeness (QED) is 0.319. The second kappa shape index (κ2) is 12.3. The van der Waals surface area contributed by atoms with Gasteiger partial charge in [0.2, 0.25) is 5.91 Å². The molecule has 0 radical (unpaired) electrons. The van der Waals surface area contributed by atoms with Gasteiger partial charge in [0.05, 0.1) is 6.54 Å². The van der Waals surface area contributed by atoms with Crippen molar-refractivity contribution in [2.75, 3.05) is 18.4 Å². The largest absolute Gasteiger partial charge is 0.357 e. The summed E-state index contributed by atoms with van der Waals surface area (Å²) < 4.78 is 12.9. The van der Waals surface area contributed by atoms with Crippen molar-refractivity contribution in [3.63, 3.8) is 0 Å². The van der Waals surface area contributed by atoms with E-state index in [2.05, 4.69) is 20.9 Å². The third-order valence-corrected chi connectivity index (χ3v) is 3.66. The maximum Gasteiger partial charge on any atom is 0.221 e. The number of hydrogen-bond acceptors (Lipinski definition) is 2. The van der Waals surface area contributed by atoms with E-state index in [-0.39, 0.29) is 35.7 Å². The Morgan fingerprint density at radius 3 is 2.22 bits per heavy atom. The normalized spacial score (nSPS) is 10.7. The minimum absolute atomic E-state index is 0. The first-order valence-corrected chi connectivity index (χ1v) is 8.70. The molecule has 0 aliphatic heterocycles. The second-order valence-electron chi connectivity index (χ2n) is 5.88. The number of halogens is 2. The van der Waals surface area contributed by atoms with Crippen molar-refractivity contribution in [3.05, 3.63) is 65.5 Å². The van der Waals surface area contributed by atoms with Crippen molar-refractivity contribution in [3.8, 4) is 0 Å². The lowest BCUT2D eigenvalue weighted by Gasteiger charge is -2.11. The summed E-state index contributed by atoms with van der Waals surface area (Å²) in [4.78, 5) is 15.5. The summed E-state index contributed by atoms with van der Waals surface area (Å²) in [6.07, 6.45) is 0.835.